The molecule has 0 fully saturated rings. The van der Waals surface area contributed by atoms with Crippen LogP contribution in [0.1, 0.15) is 12.6 Å². The second-order valence-electron chi connectivity index (χ2n) is 2.44. The summed E-state index contributed by atoms with van der Waals surface area (Å²) in [6.07, 6.45) is 2.97. The van der Waals surface area contributed by atoms with E-state index >= 15 is 0 Å². The molecule has 2 N–H and O–H groups in total. The zero-order valence-corrected chi connectivity index (χ0v) is 6.45. The van der Waals surface area contributed by atoms with Crippen molar-refractivity contribution in [2.75, 3.05) is 6.61 Å². The van der Waals surface area contributed by atoms with Crippen LogP contribution in [0, 0.1) is 0 Å². The van der Waals surface area contributed by atoms with E-state index in [1.54, 1.807) is 6.26 Å². The molecule has 0 aromatic carbocycles. The molecule has 0 aliphatic rings. The van der Waals surface area contributed by atoms with Crippen LogP contribution in [0.5, 0.6) is 0 Å². The Morgan fingerprint density at radius 1 is 1.82 bits per heavy atom. The van der Waals surface area contributed by atoms with Crippen LogP contribution in [0.15, 0.2) is 17.1 Å². The first kappa shape index (κ1) is 8.23. The van der Waals surface area contributed by atoms with E-state index < -0.39 is 0 Å². The highest BCUT2D eigenvalue weighted by molar-refractivity contribution is 4.90. The number of hydrogen-bond acceptors (Lipinski definition) is 4. The van der Waals surface area contributed by atoms with E-state index in [2.05, 4.69) is 10.3 Å². The molecule has 1 rings (SSSR count). The highest BCUT2D eigenvalue weighted by atomic mass is 16.3. The van der Waals surface area contributed by atoms with Crippen LogP contribution in [-0.4, -0.2) is 22.7 Å². The summed E-state index contributed by atoms with van der Waals surface area (Å²) in [5.41, 5.74) is 0.852. The molecule has 0 aliphatic heterocycles. The summed E-state index contributed by atoms with van der Waals surface area (Å²) in [7, 11) is 0. The topological polar surface area (TPSA) is 58.3 Å². The van der Waals surface area contributed by atoms with Crippen LogP contribution in [-0.2, 0) is 6.54 Å². The van der Waals surface area contributed by atoms with Gasteiger partial charge < -0.3 is 14.8 Å². The number of aliphatic hydroxyl groups is 1. The van der Waals surface area contributed by atoms with Gasteiger partial charge in [0.2, 0.25) is 0 Å². The third kappa shape index (κ3) is 2.69. The third-order valence-corrected chi connectivity index (χ3v) is 1.39. The monoisotopic (exact) mass is 156 g/mol. The Morgan fingerprint density at radius 2 is 2.64 bits per heavy atom. The van der Waals surface area contributed by atoms with Gasteiger partial charge in [0.25, 0.3) is 0 Å². The molecule has 4 nitrogen and oxygen atoms in total. The maximum absolute atomic E-state index is 8.66. The van der Waals surface area contributed by atoms with E-state index in [0.717, 1.165) is 5.69 Å². The second kappa shape index (κ2) is 4.10. The lowest BCUT2D eigenvalue weighted by Gasteiger charge is -2.07. The van der Waals surface area contributed by atoms with Crippen LogP contribution < -0.4 is 5.32 Å². The normalized spacial score (nSPS) is 13.3. The molecule has 1 aromatic heterocycles. The largest absolute Gasteiger partial charge is 0.451 e. The summed E-state index contributed by atoms with van der Waals surface area (Å²) in [4.78, 5) is 3.91. The second-order valence-corrected chi connectivity index (χ2v) is 2.44. The Morgan fingerprint density at radius 3 is 3.18 bits per heavy atom. The number of nitrogens with zero attached hydrogens (tertiary/aromatic N) is 1. The lowest BCUT2D eigenvalue weighted by molar-refractivity contribution is 0.250. The van der Waals surface area contributed by atoms with E-state index in [-0.39, 0.29) is 12.6 Å². The summed E-state index contributed by atoms with van der Waals surface area (Å²) >= 11 is 0. The van der Waals surface area contributed by atoms with Gasteiger partial charge in [0, 0.05) is 12.6 Å². The lowest BCUT2D eigenvalue weighted by atomic mass is 10.3. The molecule has 0 saturated carbocycles. The summed E-state index contributed by atoms with van der Waals surface area (Å²) < 4.78 is 4.77. The van der Waals surface area contributed by atoms with Gasteiger partial charge in [-0.2, -0.15) is 0 Å². The van der Waals surface area contributed by atoms with Gasteiger partial charge in [-0.3, -0.25) is 0 Å². The standard InChI is InChI=1S/C7H12N2O2/c1-6(3-10)8-2-7-4-11-5-9-7/h4-6,8,10H,2-3H2,1H3. The summed E-state index contributed by atoms with van der Waals surface area (Å²) in [5.74, 6) is 0. The fraction of sp³-hybridized carbons (Fsp3) is 0.571. The Labute approximate surface area is 65.2 Å². The van der Waals surface area contributed by atoms with Crippen LogP contribution in [0.2, 0.25) is 0 Å². The lowest BCUT2D eigenvalue weighted by Crippen LogP contribution is -2.28. The first-order chi connectivity index (χ1) is 5.33. The molecule has 0 radical (unpaired) electrons. The van der Waals surface area contributed by atoms with Gasteiger partial charge in [0.05, 0.1) is 12.3 Å². The molecule has 0 saturated heterocycles. The highest BCUT2D eigenvalue weighted by Gasteiger charge is 1.99. The summed E-state index contributed by atoms with van der Waals surface area (Å²) in [5, 5.41) is 11.7. The van der Waals surface area contributed by atoms with E-state index in [0.29, 0.717) is 6.54 Å². The number of rotatable bonds is 4. The van der Waals surface area contributed by atoms with Crippen molar-refractivity contribution in [2.45, 2.75) is 19.5 Å². The maximum atomic E-state index is 8.66. The van der Waals surface area contributed by atoms with Crippen molar-refractivity contribution in [2.24, 2.45) is 0 Å². The van der Waals surface area contributed by atoms with Gasteiger partial charge in [0.1, 0.15) is 6.26 Å². The molecule has 62 valence electrons. The van der Waals surface area contributed by atoms with Crippen LogP contribution in [0.4, 0.5) is 0 Å². The smallest absolute Gasteiger partial charge is 0.180 e. The first-order valence-corrected chi connectivity index (χ1v) is 3.54. The van der Waals surface area contributed by atoms with Gasteiger partial charge in [-0.25, -0.2) is 4.98 Å². The van der Waals surface area contributed by atoms with Gasteiger partial charge in [-0.15, -0.1) is 0 Å². The van der Waals surface area contributed by atoms with E-state index in [9.17, 15) is 0 Å². The average Bonchev–Trinajstić information content (AvgIpc) is 2.52. The molecule has 11 heavy (non-hydrogen) atoms. The average molecular weight is 156 g/mol. The minimum atomic E-state index is 0.103. The van der Waals surface area contributed by atoms with Crippen molar-refractivity contribution in [3.05, 3.63) is 18.4 Å². The molecule has 0 spiro atoms. The van der Waals surface area contributed by atoms with E-state index in [1.807, 2.05) is 6.92 Å². The molecular weight excluding hydrogens is 144 g/mol. The number of aliphatic hydroxyl groups excluding tert-OH is 1. The Kier molecular flexibility index (Phi) is 3.07. The van der Waals surface area contributed by atoms with Crippen molar-refractivity contribution in [1.82, 2.24) is 10.3 Å². The molecule has 1 atom stereocenters. The zero-order chi connectivity index (χ0) is 8.10. The van der Waals surface area contributed by atoms with Crippen molar-refractivity contribution < 1.29 is 9.52 Å². The molecule has 4 heteroatoms. The van der Waals surface area contributed by atoms with Crippen LogP contribution in [0.3, 0.4) is 0 Å². The molecule has 1 aromatic rings. The Balaban J connectivity index is 2.23. The molecular formula is C7H12N2O2. The predicted molar refractivity (Wildman–Crippen MR) is 39.9 cm³/mol. The minimum Gasteiger partial charge on any atom is -0.451 e. The summed E-state index contributed by atoms with van der Waals surface area (Å²) in [6.45, 7) is 2.68. The number of aromatic nitrogens is 1. The van der Waals surface area contributed by atoms with Gasteiger partial charge >= 0.3 is 0 Å². The fourth-order valence-corrected chi connectivity index (χ4v) is 0.668. The van der Waals surface area contributed by atoms with Gasteiger partial charge in [-0.1, -0.05) is 0 Å². The molecule has 0 aliphatic carbocycles. The Bertz CT molecular complexity index is 186. The zero-order valence-electron chi connectivity index (χ0n) is 6.45. The van der Waals surface area contributed by atoms with Crippen molar-refractivity contribution >= 4 is 0 Å². The molecule has 1 heterocycles. The summed E-state index contributed by atoms with van der Waals surface area (Å²) in [6, 6.07) is 0.103. The van der Waals surface area contributed by atoms with Crippen molar-refractivity contribution in [3.8, 4) is 0 Å². The number of oxazole rings is 1. The van der Waals surface area contributed by atoms with Crippen molar-refractivity contribution in [1.29, 1.82) is 0 Å². The first-order valence-electron chi connectivity index (χ1n) is 3.54. The van der Waals surface area contributed by atoms with E-state index in [1.165, 1.54) is 6.39 Å². The van der Waals surface area contributed by atoms with Crippen molar-refractivity contribution in [3.63, 3.8) is 0 Å². The minimum absolute atomic E-state index is 0.103. The Hall–Kier alpha value is -0.870. The predicted octanol–water partition coefficient (Wildman–Crippen LogP) is 0.145. The molecule has 0 amide bonds. The quantitative estimate of drug-likeness (QED) is 0.651. The molecule has 0 bridgehead atoms. The number of nitrogens with one attached hydrogen (secondary N) is 1. The number of hydrogen-bond donors (Lipinski definition) is 2. The fourth-order valence-electron chi connectivity index (χ4n) is 0.668. The van der Waals surface area contributed by atoms with Gasteiger partial charge in [-0.05, 0) is 6.92 Å². The molecule has 1 unspecified atom stereocenters. The highest BCUT2D eigenvalue weighted by Crippen LogP contribution is 1.93. The third-order valence-electron chi connectivity index (χ3n) is 1.39. The maximum Gasteiger partial charge on any atom is 0.180 e. The van der Waals surface area contributed by atoms with E-state index in [4.69, 9.17) is 9.52 Å². The van der Waals surface area contributed by atoms with Gasteiger partial charge in [0.15, 0.2) is 6.39 Å². The SMILES string of the molecule is CC(CO)NCc1cocn1. The van der Waals surface area contributed by atoms with Crippen LogP contribution >= 0.6 is 0 Å². The van der Waals surface area contributed by atoms with Crippen LogP contribution in [0.25, 0.3) is 0 Å².